The van der Waals surface area contributed by atoms with Gasteiger partial charge >= 0.3 is 6.18 Å². The van der Waals surface area contributed by atoms with Crippen LogP contribution in [-0.4, -0.2) is 33.7 Å². The van der Waals surface area contributed by atoms with Gasteiger partial charge in [0.1, 0.15) is 0 Å². The van der Waals surface area contributed by atoms with Crippen molar-refractivity contribution in [2.24, 2.45) is 5.73 Å². The summed E-state index contributed by atoms with van der Waals surface area (Å²) >= 11 is 0. The minimum absolute atomic E-state index is 0.0105. The molecule has 3 aromatic rings. The van der Waals surface area contributed by atoms with Gasteiger partial charge < -0.3 is 21.1 Å². The molecular weight excluding hydrogens is 409 g/mol. The summed E-state index contributed by atoms with van der Waals surface area (Å²) in [7, 11) is 0. The lowest BCUT2D eigenvalue weighted by Crippen LogP contribution is -2.31. The predicted octanol–water partition coefficient (Wildman–Crippen LogP) is 4.11. The molecule has 1 aliphatic rings. The quantitative estimate of drug-likeness (QED) is 0.470. The zero-order valence-electron chi connectivity index (χ0n) is 16.5. The Morgan fingerprint density at radius 2 is 1.94 bits per heavy atom. The molecule has 6 nitrogen and oxygen atoms in total. The van der Waals surface area contributed by atoms with Crippen molar-refractivity contribution in [1.29, 1.82) is 0 Å². The lowest BCUT2D eigenvalue weighted by atomic mass is 10.0. The van der Waals surface area contributed by atoms with Crippen LogP contribution in [0, 0.1) is 0 Å². The molecule has 5 N–H and O–H groups in total. The van der Waals surface area contributed by atoms with Crippen molar-refractivity contribution in [2.45, 2.75) is 19.1 Å². The molecule has 4 rings (SSSR count). The Kier molecular flexibility index (Phi) is 6.45. The number of nitrogens with zero attached hydrogens (tertiary/aromatic N) is 1. The van der Waals surface area contributed by atoms with E-state index in [0.717, 1.165) is 45.8 Å². The first-order chi connectivity index (χ1) is 14.7. The smallest absolute Gasteiger partial charge is 0.448 e. The van der Waals surface area contributed by atoms with Crippen LogP contribution in [0.2, 0.25) is 0 Å². The van der Waals surface area contributed by atoms with Gasteiger partial charge in [0.05, 0.1) is 11.3 Å². The van der Waals surface area contributed by atoms with Crippen molar-refractivity contribution in [1.82, 2.24) is 15.3 Å². The Hall–Kier alpha value is -3.59. The molecule has 0 aliphatic carbocycles. The molecule has 1 aromatic carbocycles. The molecule has 0 atom stereocenters. The number of fused-ring (bicyclic) bond motifs is 1. The van der Waals surface area contributed by atoms with Crippen LogP contribution in [-0.2, 0) is 13.0 Å². The van der Waals surface area contributed by atoms with Crippen LogP contribution in [0.15, 0.2) is 61.0 Å². The maximum absolute atomic E-state index is 11.9. The molecule has 31 heavy (non-hydrogen) atoms. The van der Waals surface area contributed by atoms with Crippen molar-refractivity contribution in [3.05, 3.63) is 77.8 Å². The summed E-state index contributed by atoms with van der Waals surface area (Å²) in [5.41, 5.74) is 12.4. The predicted molar refractivity (Wildman–Crippen MR) is 111 cm³/mol. The molecule has 0 unspecified atom stereocenters. The Morgan fingerprint density at radius 3 is 2.58 bits per heavy atom. The first-order valence-electron chi connectivity index (χ1n) is 9.40. The van der Waals surface area contributed by atoms with Crippen molar-refractivity contribution in [2.75, 3.05) is 6.54 Å². The largest absolute Gasteiger partial charge is 0.505 e. The number of aromatic amines is 1. The highest BCUT2D eigenvalue weighted by atomic mass is 19.4. The van der Waals surface area contributed by atoms with Gasteiger partial charge in [-0.3, -0.25) is 9.78 Å². The number of H-pyrrole nitrogens is 1. The number of hydrogen-bond donors (Lipinski definition) is 4. The Morgan fingerprint density at radius 1 is 1.19 bits per heavy atom. The van der Waals surface area contributed by atoms with E-state index in [1.165, 1.54) is 0 Å². The Bertz CT molecular complexity index is 1110. The number of alkyl halides is 3. The van der Waals surface area contributed by atoms with Gasteiger partial charge in [-0.1, -0.05) is 24.8 Å². The Balaban J connectivity index is 0.000000339. The number of aromatic nitrogens is 2. The molecule has 9 heteroatoms. The molecule has 0 radical (unpaired) electrons. The summed E-state index contributed by atoms with van der Waals surface area (Å²) in [6.45, 7) is 3.44. The number of allylic oxidation sites excluding steroid dienone is 1. The number of halogens is 3. The number of carbonyl (C=O) groups is 1. The zero-order chi connectivity index (χ0) is 22.6. The first-order valence-corrected chi connectivity index (χ1v) is 9.40. The molecular formula is C22H21F3N4O2. The highest BCUT2D eigenvalue weighted by Gasteiger charge is 2.31. The molecule has 0 spiro atoms. The maximum atomic E-state index is 11.9. The molecule has 162 valence electrons. The number of aliphatic hydroxyl groups is 1. The van der Waals surface area contributed by atoms with Gasteiger partial charge in [0.15, 0.2) is 5.76 Å². The summed E-state index contributed by atoms with van der Waals surface area (Å²) in [5.74, 6) is -1.77. The van der Waals surface area contributed by atoms with Crippen LogP contribution in [0.1, 0.15) is 21.6 Å². The van der Waals surface area contributed by atoms with Crippen LogP contribution < -0.4 is 11.1 Å². The number of rotatable bonds is 3. The van der Waals surface area contributed by atoms with E-state index < -0.39 is 11.9 Å². The number of hydrogen-bond acceptors (Lipinski definition) is 4. The maximum Gasteiger partial charge on any atom is 0.448 e. The molecule has 0 bridgehead atoms. The van der Waals surface area contributed by atoms with E-state index >= 15 is 0 Å². The van der Waals surface area contributed by atoms with Gasteiger partial charge in [-0.2, -0.15) is 13.2 Å². The minimum atomic E-state index is -4.64. The average Bonchev–Trinajstić information content (AvgIpc) is 3.20. The Labute approximate surface area is 176 Å². The van der Waals surface area contributed by atoms with Gasteiger partial charge in [-0.05, 0) is 29.8 Å². The lowest BCUT2D eigenvalue weighted by molar-refractivity contribution is -0.119. The van der Waals surface area contributed by atoms with Crippen LogP contribution >= 0.6 is 0 Å². The second-order valence-corrected chi connectivity index (χ2v) is 6.86. The molecule has 2 aromatic heterocycles. The van der Waals surface area contributed by atoms with Crippen LogP contribution in [0.4, 0.5) is 13.2 Å². The molecule has 0 fully saturated rings. The molecule has 3 heterocycles. The van der Waals surface area contributed by atoms with Crippen molar-refractivity contribution >= 4 is 5.91 Å². The van der Waals surface area contributed by atoms with Crippen molar-refractivity contribution in [3.8, 4) is 22.5 Å². The standard InChI is InChI=1S/C19H18N4O.C3H3F3O/c20-11-12-2-1-3-13(8-12)17-9-14(4-6-21-17)18-10-15-16(23-18)5-7-22-19(15)24;1-2(7)3(4,5)6/h1-4,6,8-10,23H,5,7,11,20H2,(H,22,24);7H,1H2. The fourth-order valence-electron chi connectivity index (χ4n) is 3.06. The van der Waals surface area contributed by atoms with Gasteiger partial charge in [0.25, 0.3) is 5.91 Å². The van der Waals surface area contributed by atoms with Crippen LogP contribution in [0.5, 0.6) is 0 Å². The fourth-order valence-corrected chi connectivity index (χ4v) is 3.06. The molecule has 1 aliphatic heterocycles. The van der Waals surface area contributed by atoms with E-state index in [9.17, 15) is 18.0 Å². The number of nitrogens with two attached hydrogens (primary N) is 1. The highest BCUT2D eigenvalue weighted by Crippen LogP contribution is 2.27. The van der Waals surface area contributed by atoms with Gasteiger partial charge in [0.2, 0.25) is 0 Å². The lowest BCUT2D eigenvalue weighted by Gasteiger charge is -2.11. The third kappa shape index (κ3) is 5.32. The first kappa shape index (κ1) is 22.1. The summed E-state index contributed by atoms with van der Waals surface area (Å²) in [4.78, 5) is 19.8. The normalized spacial score (nSPS) is 13.0. The molecule has 0 saturated heterocycles. The van der Waals surface area contributed by atoms with Crippen LogP contribution in [0.25, 0.3) is 22.5 Å². The number of benzene rings is 1. The van der Waals surface area contributed by atoms with Crippen LogP contribution in [0.3, 0.4) is 0 Å². The van der Waals surface area contributed by atoms with Crippen molar-refractivity contribution < 1.29 is 23.1 Å². The molecule has 0 saturated carbocycles. The number of nitrogens with one attached hydrogen (secondary N) is 2. The topological polar surface area (TPSA) is 104 Å². The third-order valence-electron chi connectivity index (χ3n) is 4.66. The summed E-state index contributed by atoms with van der Waals surface area (Å²) in [5, 5.41) is 10.4. The number of pyridine rings is 1. The van der Waals surface area contributed by atoms with E-state index in [4.69, 9.17) is 10.8 Å². The number of carbonyl (C=O) groups excluding carboxylic acids is 1. The van der Waals surface area contributed by atoms with Gasteiger partial charge in [0, 0.05) is 48.2 Å². The summed E-state index contributed by atoms with van der Waals surface area (Å²) in [6, 6.07) is 14.0. The van der Waals surface area contributed by atoms with Crippen molar-refractivity contribution in [3.63, 3.8) is 0 Å². The third-order valence-corrected chi connectivity index (χ3v) is 4.66. The average molecular weight is 430 g/mol. The monoisotopic (exact) mass is 430 g/mol. The number of aliphatic hydroxyl groups excluding tert-OH is 1. The summed E-state index contributed by atoms with van der Waals surface area (Å²) < 4.78 is 32.5. The molecule has 1 amide bonds. The van der Waals surface area contributed by atoms with E-state index in [-0.39, 0.29) is 5.91 Å². The SMILES string of the molecule is C=C(O)C(F)(F)F.NCc1cccc(-c2cc(-c3cc4c([nH]3)CCNC4=O)ccn2)c1. The van der Waals surface area contributed by atoms with E-state index in [1.807, 2.05) is 36.4 Å². The van der Waals surface area contributed by atoms with Gasteiger partial charge in [-0.15, -0.1) is 0 Å². The minimum Gasteiger partial charge on any atom is -0.505 e. The second-order valence-electron chi connectivity index (χ2n) is 6.86. The second kappa shape index (κ2) is 9.05. The van der Waals surface area contributed by atoms with E-state index in [1.54, 1.807) is 6.20 Å². The summed E-state index contributed by atoms with van der Waals surface area (Å²) in [6.07, 6.45) is -2.02. The van der Waals surface area contributed by atoms with E-state index in [2.05, 4.69) is 27.9 Å². The zero-order valence-corrected chi connectivity index (χ0v) is 16.5. The highest BCUT2D eigenvalue weighted by molar-refractivity contribution is 5.97. The van der Waals surface area contributed by atoms with Gasteiger partial charge in [-0.25, -0.2) is 0 Å². The van der Waals surface area contributed by atoms with E-state index in [0.29, 0.717) is 13.1 Å². The number of amides is 1. The fraction of sp³-hybridized carbons (Fsp3) is 0.182.